The molecule has 0 aromatic carbocycles. The van der Waals surface area contributed by atoms with E-state index in [4.69, 9.17) is 9.47 Å². The number of hydrogen-bond donors (Lipinski definition) is 2. The van der Waals surface area contributed by atoms with Gasteiger partial charge in [0.25, 0.3) is 5.92 Å². The van der Waals surface area contributed by atoms with Crippen LogP contribution in [0, 0.1) is 5.92 Å². The highest BCUT2D eigenvalue weighted by Gasteiger charge is 2.66. The number of allylic oxidation sites excluding steroid dienone is 4. The first-order valence-corrected chi connectivity index (χ1v) is 15.8. The third-order valence-corrected chi connectivity index (χ3v) is 9.98. The van der Waals surface area contributed by atoms with E-state index in [2.05, 4.69) is 20.1 Å². The molecule has 2 amide bonds. The fraction of sp³-hybridized carbons (Fsp3) is 0.621. The first-order valence-electron chi connectivity index (χ1n) is 14.6. The number of alkyl halides is 5. The van der Waals surface area contributed by atoms with Gasteiger partial charge in [-0.05, 0) is 46.1 Å². The second kappa shape index (κ2) is 12.4. The third kappa shape index (κ3) is 6.99. The average molecular weight is 661 g/mol. The number of carbonyl (C=O) groups is 1. The second-order valence-electron chi connectivity index (χ2n) is 12.2. The second-order valence-corrected chi connectivity index (χ2v) is 13.4. The minimum absolute atomic E-state index is 0.0625. The predicted octanol–water partition coefficient (Wildman–Crippen LogP) is 5.13. The van der Waals surface area contributed by atoms with E-state index in [-0.39, 0.29) is 36.7 Å². The van der Waals surface area contributed by atoms with Crippen LogP contribution in [0.25, 0.3) is 5.65 Å². The Bertz CT molecular complexity index is 1490. The molecule has 16 heteroatoms. The molecule has 1 aliphatic heterocycles. The summed E-state index contributed by atoms with van der Waals surface area (Å²) in [4.78, 5) is 18.7. The van der Waals surface area contributed by atoms with Crippen molar-refractivity contribution in [2.24, 2.45) is 5.92 Å². The minimum Gasteiger partial charge on any atom is -0.593 e. The van der Waals surface area contributed by atoms with Crippen molar-refractivity contribution in [3.63, 3.8) is 0 Å². The zero-order chi connectivity index (χ0) is 32.9. The number of aromatic nitrogens is 3. The molecule has 2 aromatic rings. The summed E-state index contributed by atoms with van der Waals surface area (Å²) in [5, 5.41) is 6.53. The Kier molecular flexibility index (Phi) is 9.27. The fourth-order valence-corrected chi connectivity index (χ4v) is 7.55. The summed E-state index contributed by atoms with van der Waals surface area (Å²) in [6.45, 7) is 5.53. The number of hydrogen-bond acceptors (Lipinski definition) is 7. The van der Waals surface area contributed by atoms with E-state index in [1.165, 1.54) is 30.9 Å². The molecule has 1 saturated heterocycles. The third-order valence-electron chi connectivity index (χ3n) is 8.39. The number of rotatable bonds is 11. The number of imidazole rings is 1. The number of methoxy groups -OCH3 is 1. The topological polar surface area (TPSA) is 116 Å². The lowest BCUT2D eigenvalue weighted by atomic mass is 9.93. The van der Waals surface area contributed by atoms with Crippen LogP contribution in [0.3, 0.4) is 0 Å². The van der Waals surface area contributed by atoms with Crippen molar-refractivity contribution in [1.82, 2.24) is 29.5 Å². The summed E-state index contributed by atoms with van der Waals surface area (Å²) in [7, 11) is 1.37. The molecule has 0 radical (unpaired) electrons. The molecule has 2 aliphatic carbocycles. The minimum atomic E-state index is -4.58. The van der Waals surface area contributed by atoms with Gasteiger partial charge in [-0.3, -0.25) is 0 Å². The maximum Gasteiger partial charge on any atom is 0.417 e. The van der Waals surface area contributed by atoms with Gasteiger partial charge in [0.15, 0.2) is 16.2 Å². The smallest absolute Gasteiger partial charge is 0.417 e. The molecule has 0 spiro atoms. The van der Waals surface area contributed by atoms with E-state index in [0.717, 1.165) is 16.0 Å². The zero-order valence-corrected chi connectivity index (χ0v) is 26.4. The molecule has 3 aliphatic rings. The molecular formula is C29H37F5N6O4S. The number of carbonyl (C=O) groups excluding carboxylic acids is 1. The van der Waals surface area contributed by atoms with Crippen molar-refractivity contribution in [1.29, 1.82) is 0 Å². The summed E-state index contributed by atoms with van der Waals surface area (Å²) < 4.78 is 99.0. The molecule has 2 N–H and O–H groups in total. The van der Waals surface area contributed by atoms with Gasteiger partial charge in [0, 0.05) is 24.2 Å². The number of halogens is 5. The highest BCUT2D eigenvalue weighted by Crippen LogP contribution is 2.53. The van der Waals surface area contributed by atoms with Crippen LogP contribution in [-0.4, -0.2) is 80.7 Å². The molecule has 5 rings (SSSR count). The zero-order valence-electron chi connectivity index (χ0n) is 25.6. The number of nitrogens with zero attached hydrogens (tertiary/aromatic N) is 4. The Morgan fingerprint density at radius 1 is 1.29 bits per heavy atom. The fourth-order valence-electron chi connectivity index (χ4n) is 6.08. The number of urea groups is 1. The van der Waals surface area contributed by atoms with Gasteiger partial charge in [-0.1, -0.05) is 18.6 Å². The Balaban J connectivity index is 1.49. The summed E-state index contributed by atoms with van der Waals surface area (Å²) in [5.41, 5.74) is 0.480. The van der Waals surface area contributed by atoms with Crippen LogP contribution in [0.2, 0.25) is 0 Å². The highest BCUT2D eigenvalue weighted by molar-refractivity contribution is 7.93. The maximum atomic E-state index is 14.2. The first kappa shape index (κ1) is 33.6. The summed E-state index contributed by atoms with van der Waals surface area (Å²) in [6.07, 6.45) is -0.532. The standard InChI is InChI=1S/C29H37F5N6O4S/c1-16-8-17(2)25(18(3)9-16)45(42)38-24(19(4)44-27(6-7-27)29(32,33)34)21-12-40-23(37-21)10-20(11-36-40)22(13-43-5)39-15-28(30,31)14-35-26(39)41/h8,10-12,18-19,22,24,38H,6-7,9,13-15H2,1-5H3,(H,35,41)/t18?,19?,22-,24+,45+/m1/s1. The molecule has 248 valence electrons. The largest absolute Gasteiger partial charge is 0.593 e. The van der Waals surface area contributed by atoms with Crippen LogP contribution in [-0.2, 0) is 20.8 Å². The molecule has 0 bridgehead atoms. The average Bonchev–Trinajstić information content (AvgIpc) is 3.61. The summed E-state index contributed by atoms with van der Waals surface area (Å²) >= 11 is -1.80. The van der Waals surface area contributed by atoms with Crippen molar-refractivity contribution in [3.8, 4) is 0 Å². The summed E-state index contributed by atoms with van der Waals surface area (Å²) in [6, 6.07) is -1.11. The van der Waals surface area contributed by atoms with Gasteiger partial charge in [-0.25, -0.2) is 23.1 Å². The van der Waals surface area contributed by atoms with Crippen LogP contribution < -0.4 is 10.0 Å². The van der Waals surface area contributed by atoms with E-state index in [1.807, 2.05) is 26.8 Å². The van der Waals surface area contributed by atoms with Crippen LogP contribution in [0.1, 0.15) is 70.3 Å². The monoisotopic (exact) mass is 660 g/mol. The molecule has 2 unspecified atom stereocenters. The number of nitrogens with one attached hydrogen (secondary N) is 2. The molecule has 3 heterocycles. The van der Waals surface area contributed by atoms with E-state index < -0.39 is 66.4 Å². The Morgan fingerprint density at radius 2 is 2.00 bits per heavy atom. The SMILES string of the molecule is COC[C@H](c1cnn2cc([C@@H](N[S@@+]([O-])C3=C(C)C=C(C)CC3C)C(C)OC3(C(F)(F)F)CC3)nc2c1)N1CC(F)(F)CNC1=O. The Morgan fingerprint density at radius 3 is 2.62 bits per heavy atom. The summed E-state index contributed by atoms with van der Waals surface area (Å²) in [5.74, 6) is -3.22. The van der Waals surface area contributed by atoms with Gasteiger partial charge in [-0.2, -0.15) is 18.3 Å². The predicted molar refractivity (Wildman–Crippen MR) is 155 cm³/mol. The van der Waals surface area contributed by atoms with Crippen molar-refractivity contribution >= 4 is 23.0 Å². The van der Waals surface area contributed by atoms with Crippen molar-refractivity contribution in [2.75, 3.05) is 26.8 Å². The van der Waals surface area contributed by atoms with Gasteiger partial charge in [0.1, 0.15) is 6.04 Å². The molecule has 2 aromatic heterocycles. The van der Waals surface area contributed by atoms with Gasteiger partial charge < -0.3 is 24.2 Å². The maximum absolute atomic E-state index is 14.2. The van der Waals surface area contributed by atoms with Crippen LogP contribution >= 0.6 is 0 Å². The number of ether oxygens (including phenoxy) is 2. The lowest BCUT2D eigenvalue weighted by Gasteiger charge is -2.38. The van der Waals surface area contributed by atoms with Gasteiger partial charge in [-0.15, -0.1) is 4.72 Å². The lowest BCUT2D eigenvalue weighted by Crippen LogP contribution is -2.58. The lowest BCUT2D eigenvalue weighted by molar-refractivity contribution is -0.249. The molecular weight excluding hydrogens is 623 g/mol. The van der Waals surface area contributed by atoms with E-state index in [1.54, 1.807) is 6.07 Å². The van der Waals surface area contributed by atoms with Crippen LogP contribution in [0.15, 0.2) is 40.6 Å². The van der Waals surface area contributed by atoms with Crippen LogP contribution in [0.4, 0.5) is 26.7 Å². The van der Waals surface area contributed by atoms with E-state index in [9.17, 15) is 31.3 Å². The van der Waals surface area contributed by atoms with Crippen LogP contribution in [0.5, 0.6) is 0 Å². The van der Waals surface area contributed by atoms with E-state index >= 15 is 0 Å². The molecule has 10 nitrogen and oxygen atoms in total. The van der Waals surface area contributed by atoms with Gasteiger partial charge >= 0.3 is 12.2 Å². The highest BCUT2D eigenvalue weighted by atomic mass is 32.2. The van der Waals surface area contributed by atoms with Crippen molar-refractivity contribution in [3.05, 3.63) is 51.8 Å². The number of amides is 2. The Hall–Kier alpha value is -2.79. The molecule has 5 atom stereocenters. The Labute approximate surface area is 260 Å². The van der Waals surface area contributed by atoms with Gasteiger partial charge in [0.2, 0.25) is 0 Å². The van der Waals surface area contributed by atoms with Crippen molar-refractivity contribution < 1.29 is 40.8 Å². The molecule has 2 fully saturated rings. The van der Waals surface area contributed by atoms with E-state index in [0.29, 0.717) is 16.9 Å². The first-order chi connectivity index (χ1) is 21.0. The molecule has 1 saturated carbocycles. The van der Waals surface area contributed by atoms with Gasteiger partial charge in [0.05, 0.1) is 61.3 Å². The normalized spacial score (nSPS) is 24.2. The number of fused-ring (bicyclic) bond motifs is 1. The van der Waals surface area contributed by atoms with Crippen molar-refractivity contribution in [2.45, 2.75) is 82.8 Å². The quantitative estimate of drug-likeness (QED) is 0.254. The molecule has 45 heavy (non-hydrogen) atoms.